The molecule has 0 aromatic carbocycles. The zero-order valence-corrected chi connectivity index (χ0v) is 8.07. The van der Waals surface area contributed by atoms with E-state index in [0.29, 0.717) is 0 Å². The van der Waals surface area contributed by atoms with Crippen LogP contribution < -0.4 is 0 Å². The molecule has 1 radical (unpaired) electrons. The SMILES string of the molecule is CCCCCC#CCCCC[O]. The number of rotatable bonds is 6. The van der Waals surface area contributed by atoms with Gasteiger partial charge in [-0.3, -0.25) is 0 Å². The Balaban J connectivity index is 3.01. The van der Waals surface area contributed by atoms with Gasteiger partial charge in [-0.25, -0.2) is 5.11 Å². The highest BCUT2D eigenvalue weighted by molar-refractivity contribution is 4.98. The van der Waals surface area contributed by atoms with Crippen LogP contribution in [0, 0.1) is 11.8 Å². The fourth-order valence-corrected chi connectivity index (χ4v) is 0.956. The highest BCUT2D eigenvalue weighted by atomic mass is 16.2. The molecule has 0 bridgehead atoms. The molecule has 0 saturated carbocycles. The summed E-state index contributed by atoms with van der Waals surface area (Å²) in [6.07, 6.45) is 7.48. The first-order valence-corrected chi connectivity index (χ1v) is 4.95. The van der Waals surface area contributed by atoms with Gasteiger partial charge in [-0.1, -0.05) is 19.8 Å². The van der Waals surface area contributed by atoms with Gasteiger partial charge in [0.15, 0.2) is 0 Å². The maximum absolute atomic E-state index is 10.1. The Morgan fingerprint density at radius 3 is 2.00 bits per heavy atom. The molecule has 69 valence electrons. The van der Waals surface area contributed by atoms with Gasteiger partial charge in [0, 0.05) is 12.8 Å². The molecule has 0 unspecified atom stereocenters. The largest absolute Gasteiger partial charge is 0.237 e. The van der Waals surface area contributed by atoms with Gasteiger partial charge in [-0.05, 0) is 19.3 Å². The average molecular weight is 167 g/mol. The third-order valence-corrected chi connectivity index (χ3v) is 1.73. The first-order valence-electron chi connectivity index (χ1n) is 4.95. The van der Waals surface area contributed by atoms with Crippen LogP contribution in [0.25, 0.3) is 0 Å². The van der Waals surface area contributed by atoms with Crippen LogP contribution in [0.3, 0.4) is 0 Å². The van der Waals surface area contributed by atoms with Crippen molar-refractivity contribution in [1.82, 2.24) is 0 Å². The molecule has 0 aliphatic carbocycles. The average Bonchev–Trinajstić information content (AvgIpc) is 2.10. The second kappa shape index (κ2) is 10.5. The maximum atomic E-state index is 10.1. The lowest BCUT2D eigenvalue weighted by Gasteiger charge is -1.89. The van der Waals surface area contributed by atoms with Gasteiger partial charge >= 0.3 is 0 Å². The summed E-state index contributed by atoms with van der Waals surface area (Å²) in [7, 11) is 0. The predicted octanol–water partition coefficient (Wildman–Crippen LogP) is 3.17. The van der Waals surface area contributed by atoms with E-state index >= 15 is 0 Å². The summed E-state index contributed by atoms with van der Waals surface area (Å²) >= 11 is 0. The monoisotopic (exact) mass is 167 g/mol. The fraction of sp³-hybridized carbons (Fsp3) is 0.818. The van der Waals surface area contributed by atoms with Crippen LogP contribution in [0.2, 0.25) is 0 Å². The van der Waals surface area contributed by atoms with Crippen molar-refractivity contribution in [3.63, 3.8) is 0 Å². The molecule has 1 heteroatoms. The van der Waals surface area contributed by atoms with Crippen molar-refractivity contribution in [3.8, 4) is 11.8 Å². The lowest BCUT2D eigenvalue weighted by atomic mass is 10.2. The molecule has 0 spiro atoms. The molecule has 0 aliphatic rings. The minimum absolute atomic E-state index is 0.0531. The Kier molecular flexibility index (Phi) is 10.1. The number of unbranched alkanes of at least 4 members (excludes halogenated alkanes) is 5. The Morgan fingerprint density at radius 2 is 1.50 bits per heavy atom. The van der Waals surface area contributed by atoms with Gasteiger partial charge in [0.2, 0.25) is 0 Å². The molecule has 0 N–H and O–H groups in total. The van der Waals surface area contributed by atoms with E-state index in [0.717, 1.165) is 25.7 Å². The molecule has 0 aromatic rings. The van der Waals surface area contributed by atoms with Crippen molar-refractivity contribution < 1.29 is 5.11 Å². The van der Waals surface area contributed by atoms with Crippen molar-refractivity contribution in [2.24, 2.45) is 0 Å². The summed E-state index contributed by atoms with van der Waals surface area (Å²) < 4.78 is 0. The smallest absolute Gasteiger partial charge is 0.0822 e. The molecule has 0 aliphatic heterocycles. The van der Waals surface area contributed by atoms with Crippen LogP contribution in [-0.4, -0.2) is 6.61 Å². The summed E-state index contributed by atoms with van der Waals surface area (Å²) in [6, 6.07) is 0. The first-order chi connectivity index (χ1) is 5.91. The van der Waals surface area contributed by atoms with E-state index in [9.17, 15) is 5.11 Å². The highest BCUT2D eigenvalue weighted by Gasteiger charge is 1.83. The van der Waals surface area contributed by atoms with E-state index in [-0.39, 0.29) is 6.61 Å². The third kappa shape index (κ3) is 9.52. The second-order valence-corrected chi connectivity index (χ2v) is 2.97. The van der Waals surface area contributed by atoms with Crippen LogP contribution in [0.4, 0.5) is 0 Å². The van der Waals surface area contributed by atoms with Crippen molar-refractivity contribution in [3.05, 3.63) is 0 Å². The van der Waals surface area contributed by atoms with Gasteiger partial charge in [-0.2, -0.15) is 0 Å². The Bertz CT molecular complexity index is 116. The number of hydrogen-bond acceptors (Lipinski definition) is 0. The maximum Gasteiger partial charge on any atom is 0.0822 e. The van der Waals surface area contributed by atoms with Crippen LogP contribution in [0.1, 0.15) is 51.9 Å². The molecular formula is C11H19O. The van der Waals surface area contributed by atoms with Crippen LogP contribution in [0.5, 0.6) is 0 Å². The lowest BCUT2D eigenvalue weighted by Crippen LogP contribution is -1.78. The van der Waals surface area contributed by atoms with Crippen LogP contribution in [-0.2, 0) is 5.11 Å². The van der Waals surface area contributed by atoms with E-state index in [4.69, 9.17) is 0 Å². The van der Waals surface area contributed by atoms with Crippen molar-refractivity contribution in [1.29, 1.82) is 0 Å². The van der Waals surface area contributed by atoms with E-state index in [1.165, 1.54) is 19.3 Å². The fourth-order valence-electron chi connectivity index (χ4n) is 0.956. The highest BCUT2D eigenvalue weighted by Crippen LogP contribution is 1.97. The van der Waals surface area contributed by atoms with Gasteiger partial charge in [-0.15, -0.1) is 11.8 Å². The molecule has 0 fully saturated rings. The zero-order chi connectivity index (χ0) is 9.07. The van der Waals surface area contributed by atoms with Gasteiger partial charge in [0.1, 0.15) is 0 Å². The zero-order valence-electron chi connectivity index (χ0n) is 8.07. The Hall–Kier alpha value is -0.480. The molecule has 0 amide bonds. The van der Waals surface area contributed by atoms with E-state index in [2.05, 4.69) is 18.8 Å². The van der Waals surface area contributed by atoms with E-state index in [1.807, 2.05) is 0 Å². The van der Waals surface area contributed by atoms with Gasteiger partial charge in [0.25, 0.3) is 0 Å². The topological polar surface area (TPSA) is 19.9 Å². The normalized spacial score (nSPS) is 9.17. The summed E-state index contributed by atoms with van der Waals surface area (Å²) in [5, 5.41) is 10.1. The predicted molar refractivity (Wildman–Crippen MR) is 51.3 cm³/mol. The van der Waals surface area contributed by atoms with Crippen LogP contribution >= 0.6 is 0 Å². The molecule has 0 rings (SSSR count). The molecular weight excluding hydrogens is 148 g/mol. The van der Waals surface area contributed by atoms with Gasteiger partial charge in [0.05, 0.1) is 6.61 Å². The molecule has 0 atom stereocenters. The summed E-state index contributed by atoms with van der Waals surface area (Å²) in [5.74, 6) is 6.22. The molecule has 1 nitrogen and oxygen atoms in total. The third-order valence-electron chi connectivity index (χ3n) is 1.73. The summed E-state index contributed by atoms with van der Waals surface area (Å²) in [5.41, 5.74) is 0. The Morgan fingerprint density at radius 1 is 0.917 bits per heavy atom. The molecule has 0 heterocycles. The van der Waals surface area contributed by atoms with Crippen LogP contribution in [0.15, 0.2) is 0 Å². The van der Waals surface area contributed by atoms with Crippen molar-refractivity contribution in [2.75, 3.05) is 6.61 Å². The van der Waals surface area contributed by atoms with Gasteiger partial charge < -0.3 is 0 Å². The van der Waals surface area contributed by atoms with E-state index in [1.54, 1.807) is 0 Å². The first kappa shape index (κ1) is 11.5. The minimum Gasteiger partial charge on any atom is -0.237 e. The van der Waals surface area contributed by atoms with Crippen molar-refractivity contribution in [2.45, 2.75) is 51.9 Å². The van der Waals surface area contributed by atoms with Crippen molar-refractivity contribution >= 4 is 0 Å². The minimum atomic E-state index is 0.0531. The van der Waals surface area contributed by atoms with E-state index < -0.39 is 0 Å². The lowest BCUT2D eigenvalue weighted by molar-refractivity contribution is 0.187. The molecule has 0 saturated heterocycles. The quantitative estimate of drug-likeness (QED) is 0.428. The summed E-state index contributed by atoms with van der Waals surface area (Å²) in [6.45, 7) is 2.25. The summed E-state index contributed by atoms with van der Waals surface area (Å²) in [4.78, 5) is 0. The molecule has 0 aromatic heterocycles. The second-order valence-electron chi connectivity index (χ2n) is 2.97. The Labute approximate surface area is 76.2 Å². The number of hydrogen-bond donors (Lipinski definition) is 0. The standard InChI is InChI=1S/C11H19O/c1-2-3-4-5-6-7-8-9-10-11-12/h2-5,8-11H2,1H3. The molecule has 12 heavy (non-hydrogen) atoms.